The van der Waals surface area contributed by atoms with E-state index < -0.39 is 17.6 Å². The minimum atomic E-state index is -4.75. The van der Waals surface area contributed by atoms with E-state index >= 15 is 0 Å². The first-order chi connectivity index (χ1) is 20.3. The van der Waals surface area contributed by atoms with Crippen molar-refractivity contribution in [3.63, 3.8) is 0 Å². The highest BCUT2D eigenvalue weighted by molar-refractivity contribution is 5.90. The predicted octanol–water partition coefficient (Wildman–Crippen LogP) is 2.90. The van der Waals surface area contributed by atoms with Crippen molar-refractivity contribution >= 4 is 23.5 Å². The molecule has 2 aromatic rings. The van der Waals surface area contributed by atoms with Crippen LogP contribution in [0.1, 0.15) is 12.0 Å². The summed E-state index contributed by atoms with van der Waals surface area (Å²) in [5.41, 5.74) is 7.05. The van der Waals surface area contributed by atoms with Crippen LogP contribution >= 0.6 is 0 Å². The zero-order valence-electron chi connectivity index (χ0n) is 22.9. The Morgan fingerprint density at radius 1 is 1.00 bits per heavy atom. The van der Waals surface area contributed by atoms with Crippen molar-refractivity contribution < 1.29 is 36.9 Å². The molecule has 0 aromatic carbocycles. The molecule has 2 aliphatic heterocycles. The van der Waals surface area contributed by atoms with Gasteiger partial charge in [0.1, 0.15) is 11.6 Å². The number of aromatic nitrogens is 3. The summed E-state index contributed by atoms with van der Waals surface area (Å²) in [6, 6.07) is 2.33. The summed E-state index contributed by atoms with van der Waals surface area (Å²) in [5, 5.41) is 5.73. The van der Waals surface area contributed by atoms with Gasteiger partial charge in [0.25, 0.3) is 0 Å². The summed E-state index contributed by atoms with van der Waals surface area (Å²) in [5.74, 6) is 0.00689. The Morgan fingerprint density at radius 2 is 1.67 bits per heavy atom. The molecule has 2 aliphatic rings. The van der Waals surface area contributed by atoms with E-state index in [9.17, 15) is 18.0 Å². The molecule has 14 nitrogen and oxygen atoms in total. The Kier molecular flexibility index (Phi) is 11.5. The van der Waals surface area contributed by atoms with Crippen LogP contribution in [0.25, 0.3) is 21.7 Å². The average molecular weight is 596 g/mol. The van der Waals surface area contributed by atoms with Gasteiger partial charge in [0, 0.05) is 55.5 Å². The summed E-state index contributed by atoms with van der Waals surface area (Å²) in [6.45, 7) is 4.91. The van der Waals surface area contributed by atoms with Crippen LogP contribution in [0.3, 0.4) is 0 Å². The minimum absolute atomic E-state index is 0.0331. The predicted molar refractivity (Wildman–Crippen MR) is 145 cm³/mol. The van der Waals surface area contributed by atoms with Gasteiger partial charge in [-0.15, -0.1) is 0 Å². The third-order valence-corrected chi connectivity index (χ3v) is 6.33. The lowest BCUT2D eigenvalue weighted by atomic mass is 10.1. The topological polar surface area (TPSA) is 160 Å². The van der Waals surface area contributed by atoms with Crippen LogP contribution in [-0.2, 0) is 29.9 Å². The van der Waals surface area contributed by atoms with Crippen molar-refractivity contribution in [1.29, 1.82) is 0 Å². The minimum Gasteiger partial charge on any atom is -0.379 e. The molecule has 0 bridgehead atoms. The molecule has 0 atom stereocenters. The number of carbonyl (C=O) groups excluding carboxylic acids is 1. The summed E-state index contributed by atoms with van der Waals surface area (Å²) in [7, 11) is 0. The lowest BCUT2D eigenvalue weighted by Crippen LogP contribution is -2.39. The lowest BCUT2D eigenvalue weighted by molar-refractivity contribution is -0.137. The van der Waals surface area contributed by atoms with Crippen LogP contribution in [0.5, 0.6) is 0 Å². The summed E-state index contributed by atoms with van der Waals surface area (Å²) < 4.78 is 64.2. The maximum atomic E-state index is 14.3. The second kappa shape index (κ2) is 15.5. The van der Waals surface area contributed by atoms with E-state index in [-0.39, 0.29) is 56.5 Å². The van der Waals surface area contributed by atoms with E-state index in [4.69, 9.17) is 24.5 Å². The normalized spacial score (nSPS) is 15.8. The first-order valence-corrected chi connectivity index (χ1v) is 13.4. The Labute approximate surface area is 239 Å². The summed E-state index contributed by atoms with van der Waals surface area (Å²) in [4.78, 5) is 32.0. The smallest absolute Gasteiger partial charge is 0.379 e. The van der Waals surface area contributed by atoms with E-state index in [0.29, 0.717) is 64.4 Å². The Hall–Kier alpha value is -3.76. The molecule has 0 radical (unpaired) electrons. The molecule has 228 valence electrons. The molecule has 2 saturated heterocycles. The molecular formula is C25H32F3N9O5. The van der Waals surface area contributed by atoms with Crippen molar-refractivity contribution in [1.82, 2.24) is 15.0 Å². The highest BCUT2D eigenvalue weighted by Gasteiger charge is 2.35. The van der Waals surface area contributed by atoms with Crippen molar-refractivity contribution in [3.8, 4) is 11.3 Å². The second-order valence-electron chi connectivity index (χ2n) is 9.20. The van der Waals surface area contributed by atoms with Gasteiger partial charge < -0.3 is 34.1 Å². The average Bonchev–Trinajstić information content (AvgIpc) is 3.00. The number of halogens is 3. The van der Waals surface area contributed by atoms with Crippen molar-refractivity contribution in [2.45, 2.75) is 12.6 Å². The largest absolute Gasteiger partial charge is 0.417 e. The number of carbonyl (C=O) groups is 1. The maximum Gasteiger partial charge on any atom is 0.417 e. The van der Waals surface area contributed by atoms with Crippen LogP contribution in [0.4, 0.5) is 30.8 Å². The molecule has 1 amide bonds. The molecular weight excluding hydrogens is 563 g/mol. The van der Waals surface area contributed by atoms with Gasteiger partial charge in [-0.3, -0.25) is 4.79 Å². The Morgan fingerprint density at radius 3 is 2.33 bits per heavy atom. The molecule has 0 aliphatic carbocycles. The number of nitrogens with one attached hydrogen (secondary N) is 1. The van der Waals surface area contributed by atoms with Gasteiger partial charge in [-0.25, -0.2) is 9.97 Å². The fourth-order valence-corrected chi connectivity index (χ4v) is 4.22. The standard InChI is InChI=1S/C25H32F3N9O5/c26-25(27,28)19-15-21(33-23(38)1-7-39-13-14-40-8-2-31-35-29)30-17-18(19)20-16-22(36-3-9-41-10-4-36)34-24(32-20)37-5-11-42-12-6-37/h15-17H,1-14H2,(H,30,33,38). The number of anilines is 3. The molecule has 2 aromatic heterocycles. The first-order valence-electron chi connectivity index (χ1n) is 13.4. The van der Waals surface area contributed by atoms with Crippen molar-refractivity contribution in [2.24, 2.45) is 5.11 Å². The zero-order valence-corrected chi connectivity index (χ0v) is 22.9. The maximum absolute atomic E-state index is 14.3. The van der Waals surface area contributed by atoms with Gasteiger partial charge in [-0.05, 0) is 11.6 Å². The molecule has 1 N–H and O–H groups in total. The third-order valence-electron chi connectivity index (χ3n) is 6.33. The van der Waals surface area contributed by atoms with Crippen LogP contribution in [0.15, 0.2) is 23.4 Å². The third kappa shape index (κ3) is 9.12. The molecule has 2 fully saturated rings. The van der Waals surface area contributed by atoms with Crippen molar-refractivity contribution in [2.75, 3.05) is 101 Å². The van der Waals surface area contributed by atoms with Crippen LogP contribution in [-0.4, -0.2) is 106 Å². The Bertz CT molecular complexity index is 1200. The van der Waals surface area contributed by atoms with Gasteiger partial charge in [0.2, 0.25) is 11.9 Å². The Balaban J connectivity index is 1.47. The number of azide groups is 1. The number of pyridine rings is 1. The van der Waals surface area contributed by atoms with E-state index in [1.165, 1.54) is 6.07 Å². The number of amides is 1. The summed E-state index contributed by atoms with van der Waals surface area (Å²) in [6.07, 6.45) is -3.78. The van der Waals surface area contributed by atoms with Gasteiger partial charge in [-0.2, -0.15) is 18.2 Å². The van der Waals surface area contributed by atoms with Gasteiger partial charge in [0.05, 0.1) is 70.5 Å². The van der Waals surface area contributed by atoms with Crippen LogP contribution < -0.4 is 15.1 Å². The molecule has 4 heterocycles. The van der Waals surface area contributed by atoms with E-state index in [2.05, 4.69) is 30.3 Å². The molecule has 17 heteroatoms. The fourth-order valence-electron chi connectivity index (χ4n) is 4.22. The summed E-state index contributed by atoms with van der Waals surface area (Å²) >= 11 is 0. The van der Waals surface area contributed by atoms with E-state index in [1.807, 2.05) is 9.80 Å². The SMILES string of the molecule is [N-]=[N+]=NCCOCCOCCC(=O)Nc1cc(C(F)(F)F)c(-c2cc(N3CCOCC3)nc(N3CCOCC3)n2)cn1. The monoisotopic (exact) mass is 595 g/mol. The second-order valence-corrected chi connectivity index (χ2v) is 9.20. The zero-order chi connectivity index (χ0) is 29.8. The molecule has 42 heavy (non-hydrogen) atoms. The highest BCUT2D eigenvalue weighted by Crippen LogP contribution is 2.38. The lowest BCUT2D eigenvalue weighted by Gasteiger charge is -2.31. The van der Waals surface area contributed by atoms with Crippen molar-refractivity contribution in [3.05, 3.63) is 34.3 Å². The molecule has 0 saturated carbocycles. The number of alkyl halides is 3. The number of morpholine rings is 2. The fraction of sp³-hybridized carbons (Fsp3) is 0.600. The van der Waals surface area contributed by atoms with Gasteiger partial charge in [0.15, 0.2) is 0 Å². The molecule has 0 spiro atoms. The molecule has 0 unspecified atom stereocenters. The number of rotatable bonds is 13. The van der Waals surface area contributed by atoms with E-state index in [0.717, 1.165) is 12.3 Å². The molecule has 4 rings (SSSR count). The number of hydrogen-bond donors (Lipinski definition) is 1. The number of hydrogen-bond acceptors (Lipinski definition) is 11. The van der Waals surface area contributed by atoms with Crippen LogP contribution in [0.2, 0.25) is 0 Å². The van der Waals surface area contributed by atoms with Crippen LogP contribution in [0, 0.1) is 0 Å². The van der Waals surface area contributed by atoms with Gasteiger partial charge in [-0.1, -0.05) is 5.11 Å². The van der Waals surface area contributed by atoms with Gasteiger partial charge >= 0.3 is 6.18 Å². The quantitative estimate of drug-likeness (QED) is 0.158. The highest BCUT2D eigenvalue weighted by atomic mass is 19.4. The number of nitrogens with zero attached hydrogens (tertiary/aromatic N) is 8. The van der Waals surface area contributed by atoms with E-state index in [1.54, 1.807) is 0 Å². The first kappa shape index (κ1) is 31.2. The number of ether oxygens (including phenoxy) is 4.